The minimum absolute atomic E-state index is 0.168. The number of fused-ring (bicyclic) bond motifs is 1. The summed E-state index contributed by atoms with van der Waals surface area (Å²) >= 11 is 0. The monoisotopic (exact) mass is 578 g/mol. The maximum absolute atomic E-state index is 15.0. The summed E-state index contributed by atoms with van der Waals surface area (Å²) in [4.78, 5) is 27.4. The number of rotatable bonds is 10. The molecule has 0 aliphatic heterocycles. The van der Waals surface area contributed by atoms with E-state index in [1.165, 1.54) is 6.07 Å². The van der Waals surface area contributed by atoms with Crippen LogP contribution in [0.15, 0.2) is 133 Å². The van der Waals surface area contributed by atoms with Crippen LogP contribution in [0.25, 0.3) is 10.8 Å². The fourth-order valence-corrected chi connectivity index (χ4v) is 5.63. The van der Waals surface area contributed by atoms with E-state index in [0.717, 1.165) is 22.1 Å². The Morgan fingerprint density at radius 2 is 1.18 bits per heavy atom. The van der Waals surface area contributed by atoms with Gasteiger partial charge in [0.15, 0.2) is 5.78 Å². The summed E-state index contributed by atoms with van der Waals surface area (Å²) in [6, 6.07) is 41.5. The van der Waals surface area contributed by atoms with Crippen molar-refractivity contribution in [2.24, 2.45) is 0 Å². The van der Waals surface area contributed by atoms with Gasteiger partial charge in [0.05, 0.1) is 5.56 Å². The first kappa shape index (κ1) is 28.4. The topological polar surface area (TPSA) is 83.8 Å². The van der Waals surface area contributed by atoms with E-state index in [1.54, 1.807) is 6.07 Å². The highest BCUT2D eigenvalue weighted by Crippen LogP contribution is 2.38. The van der Waals surface area contributed by atoms with Gasteiger partial charge in [-0.15, -0.1) is 0 Å². The fraction of sp³-hybridized carbons (Fsp3) is 0.0769. The van der Waals surface area contributed by atoms with E-state index in [2.05, 4.69) is 0 Å². The van der Waals surface area contributed by atoms with Gasteiger partial charge >= 0.3 is 5.97 Å². The van der Waals surface area contributed by atoms with Crippen molar-refractivity contribution in [3.05, 3.63) is 178 Å². The van der Waals surface area contributed by atoms with Crippen molar-refractivity contribution < 1.29 is 24.5 Å². The number of carboxylic acid groups (broad SMARTS) is 1. The molecule has 0 aliphatic carbocycles. The summed E-state index contributed by atoms with van der Waals surface area (Å²) in [6.07, 6.45) is 0.469. The van der Waals surface area contributed by atoms with E-state index in [1.807, 2.05) is 121 Å². The second-order valence-corrected chi connectivity index (χ2v) is 10.7. The number of phenols is 1. The summed E-state index contributed by atoms with van der Waals surface area (Å²) in [5.74, 6) is -1.60. The van der Waals surface area contributed by atoms with Crippen LogP contribution in [0, 0.1) is 0 Å². The minimum atomic E-state index is -1.26. The molecule has 6 aromatic carbocycles. The van der Waals surface area contributed by atoms with Crippen molar-refractivity contribution in [3.8, 4) is 11.5 Å². The first-order chi connectivity index (χ1) is 21.5. The third-order valence-corrected chi connectivity index (χ3v) is 7.76. The Kier molecular flexibility index (Phi) is 8.19. The molecule has 0 saturated heterocycles. The van der Waals surface area contributed by atoms with Gasteiger partial charge in [-0.25, -0.2) is 4.79 Å². The van der Waals surface area contributed by atoms with Gasteiger partial charge in [0.1, 0.15) is 23.7 Å². The van der Waals surface area contributed by atoms with Crippen LogP contribution in [0.3, 0.4) is 0 Å². The number of benzene rings is 6. The molecule has 0 aromatic heterocycles. The smallest absolute Gasteiger partial charge is 0.339 e. The Morgan fingerprint density at radius 3 is 1.82 bits per heavy atom. The molecule has 0 amide bonds. The molecule has 44 heavy (non-hydrogen) atoms. The second kappa shape index (κ2) is 12.7. The molecule has 0 spiro atoms. The Hall–Kier alpha value is -5.68. The van der Waals surface area contributed by atoms with Gasteiger partial charge in [0.2, 0.25) is 0 Å². The summed E-state index contributed by atoms with van der Waals surface area (Å²) in [6.45, 7) is 0.260. The van der Waals surface area contributed by atoms with Crippen molar-refractivity contribution in [1.82, 2.24) is 0 Å². The lowest BCUT2D eigenvalue weighted by molar-refractivity contribution is 0.0692. The van der Waals surface area contributed by atoms with Crippen molar-refractivity contribution >= 4 is 22.5 Å². The summed E-state index contributed by atoms with van der Waals surface area (Å²) in [5.41, 5.74) is 3.90. The first-order valence-corrected chi connectivity index (χ1v) is 14.4. The normalized spacial score (nSPS) is 10.9. The number of hydrogen-bond acceptors (Lipinski definition) is 4. The first-order valence-electron chi connectivity index (χ1n) is 14.4. The number of ether oxygens (including phenoxy) is 1. The van der Waals surface area contributed by atoms with Crippen molar-refractivity contribution in [3.63, 3.8) is 0 Å². The van der Waals surface area contributed by atoms with Crippen LogP contribution in [-0.2, 0) is 19.4 Å². The van der Waals surface area contributed by atoms with Crippen molar-refractivity contribution in [2.75, 3.05) is 0 Å². The molecule has 0 bridgehead atoms. The van der Waals surface area contributed by atoms with E-state index in [0.29, 0.717) is 28.7 Å². The van der Waals surface area contributed by atoms with E-state index in [4.69, 9.17) is 4.74 Å². The van der Waals surface area contributed by atoms with Gasteiger partial charge in [-0.2, -0.15) is 0 Å². The predicted molar refractivity (Wildman–Crippen MR) is 172 cm³/mol. The molecule has 0 saturated carbocycles. The maximum Gasteiger partial charge on any atom is 0.339 e. The van der Waals surface area contributed by atoms with Crippen LogP contribution in [0.2, 0.25) is 0 Å². The standard InChI is InChI=1S/C39H30O5/c40-37-32(23-27-14-6-2-7-15-27)35(30(24-33(37)39(42)43)22-26-12-4-1-5-13-26)38(41)36-31-19-11-10-18-29(31)20-21-34(36)44-25-28-16-8-3-9-17-28/h1-21,24,40H,22-23,25H2,(H,42,43). The van der Waals surface area contributed by atoms with E-state index in [9.17, 15) is 15.0 Å². The van der Waals surface area contributed by atoms with Crippen LogP contribution in [0.4, 0.5) is 0 Å². The highest BCUT2D eigenvalue weighted by Gasteiger charge is 2.29. The van der Waals surface area contributed by atoms with Crippen LogP contribution in [0.1, 0.15) is 54.1 Å². The molecule has 0 heterocycles. The third-order valence-electron chi connectivity index (χ3n) is 7.76. The molecule has 6 rings (SSSR count). The van der Waals surface area contributed by atoms with Crippen molar-refractivity contribution in [2.45, 2.75) is 19.4 Å². The Balaban J connectivity index is 1.58. The van der Waals surface area contributed by atoms with Crippen LogP contribution < -0.4 is 4.74 Å². The molecule has 5 heteroatoms. The predicted octanol–water partition coefficient (Wildman–Crippen LogP) is 8.24. The van der Waals surface area contributed by atoms with Crippen LogP contribution >= 0.6 is 0 Å². The summed E-state index contributed by atoms with van der Waals surface area (Å²) in [7, 11) is 0. The van der Waals surface area contributed by atoms with Gasteiger partial charge in [-0.3, -0.25) is 4.79 Å². The number of aromatic hydroxyl groups is 1. The van der Waals surface area contributed by atoms with Gasteiger partial charge < -0.3 is 14.9 Å². The van der Waals surface area contributed by atoms with E-state index >= 15 is 4.79 Å². The molecule has 0 fully saturated rings. The maximum atomic E-state index is 15.0. The number of carbonyl (C=O) groups is 2. The second-order valence-electron chi connectivity index (χ2n) is 10.7. The average molecular weight is 579 g/mol. The molecular formula is C39H30O5. The third kappa shape index (κ3) is 5.94. The van der Waals surface area contributed by atoms with Crippen molar-refractivity contribution in [1.29, 1.82) is 0 Å². The van der Waals surface area contributed by atoms with E-state index < -0.39 is 11.7 Å². The lowest BCUT2D eigenvalue weighted by atomic mass is 9.84. The molecule has 0 atom stereocenters. The zero-order valence-electron chi connectivity index (χ0n) is 23.9. The SMILES string of the molecule is O=C(O)c1cc(Cc2ccccc2)c(C(=O)c2c(OCc3ccccc3)ccc3ccccc23)c(Cc2ccccc2)c1O. The van der Waals surface area contributed by atoms with Gasteiger partial charge in [-0.1, -0.05) is 121 Å². The molecule has 5 nitrogen and oxygen atoms in total. The van der Waals surface area contributed by atoms with E-state index in [-0.39, 0.29) is 35.5 Å². The van der Waals surface area contributed by atoms with Crippen LogP contribution in [-0.4, -0.2) is 22.0 Å². The molecule has 0 unspecified atom stereocenters. The number of aromatic carboxylic acids is 1. The minimum Gasteiger partial charge on any atom is -0.507 e. The molecule has 2 N–H and O–H groups in total. The molecule has 6 aromatic rings. The van der Waals surface area contributed by atoms with Crippen LogP contribution in [0.5, 0.6) is 11.5 Å². The Morgan fingerprint density at radius 1 is 0.614 bits per heavy atom. The number of carboxylic acids is 1. The molecule has 0 aliphatic rings. The average Bonchev–Trinajstić information content (AvgIpc) is 3.06. The number of hydrogen-bond donors (Lipinski definition) is 2. The highest BCUT2D eigenvalue weighted by molar-refractivity contribution is 6.20. The Labute approximate surface area is 255 Å². The lowest BCUT2D eigenvalue weighted by Crippen LogP contribution is -2.15. The van der Waals surface area contributed by atoms with Gasteiger partial charge in [0, 0.05) is 17.5 Å². The molecule has 0 radical (unpaired) electrons. The quantitative estimate of drug-likeness (QED) is 0.160. The molecule has 216 valence electrons. The van der Waals surface area contributed by atoms with Gasteiger partial charge in [0.25, 0.3) is 0 Å². The number of ketones is 1. The number of carbonyl (C=O) groups excluding carboxylic acids is 1. The zero-order valence-corrected chi connectivity index (χ0v) is 23.9. The zero-order chi connectivity index (χ0) is 30.5. The largest absolute Gasteiger partial charge is 0.507 e. The summed E-state index contributed by atoms with van der Waals surface area (Å²) < 4.78 is 6.30. The lowest BCUT2D eigenvalue weighted by Gasteiger charge is -2.20. The molecular weight excluding hydrogens is 548 g/mol. The Bertz CT molecular complexity index is 1950. The highest BCUT2D eigenvalue weighted by atomic mass is 16.5. The fourth-order valence-electron chi connectivity index (χ4n) is 5.63. The van der Waals surface area contributed by atoms with Gasteiger partial charge in [-0.05, 0) is 51.6 Å². The summed E-state index contributed by atoms with van der Waals surface area (Å²) in [5, 5.41) is 23.1.